The van der Waals surface area contributed by atoms with Crippen LogP contribution < -0.4 is 0 Å². The van der Waals surface area contributed by atoms with Gasteiger partial charge in [0.05, 0.1) is 15.2 Å². The molecule has 5 heteroatoms. The summed E-state index contributed by atoms with van der Waals surface area (Å²) in [5.74, 6) is 0. The lowest BCUT2D eigenvalue weighted by Crippen LogP contribution is -2.00. The highest BCUT2D eigenvalue weighted by Gasteiger charge is 2.14. The van der Waals surface area contributed by atoms with Crippen molar-refractivity contribution in [2.45, 2.75) is 19.4 Å². The summed E-state index contributed by atoms with van der Waals surface area (Å²) in [4.78, 5) is 8.83. The fourth-order valence-electron chi connectivity index (χ4n) is 1.79. The lowest BCUT2D eigenvalue weighted by Gasteiger charge is -2.03. The van der Waals surface area contributed by atoms with E-state index < -0.39 is 6.10 Å². The number of fused-ring (bicyclic) bond motifs is 1. The Morgan fingerprint density at radius 1 is 1.28 bits per heavy atom. The summed E-state index contributed by atoms with van der Waals surface area (Å²) >= 11 is 3.13. The van der Waals surface area contributed by atoms with E-state index in [1.54, 1.807) is 11.3 Å². The minimum atomic E-state index is -0.552. The van der Waals surface area contributed by atoms with Crippen LogP contribution >= 0.6 is 22.7 Å². The summed E-state index contributed by atoms with van der Waals surface area (Å²) in [5.41, 5.74) is 1.96. The van der Waals surface area contributed by atoms with E-state index in [-0.39, 0.29) is 0 Å². The Labute approximate surface area is 113 Å². The van der Waals surface area contributed by atoms with E-state index in [2.05, 4.69) is 16.0 Å². The minimum Gasteiger partial charge on any atom is -0.385 e. The van der Waals surface area contributed by atoms with Crippen LogP contribution in [0.5, 0.6) is 0 Å². The predicted octanol–water partition coefficient (Wildman–Crippen LogP) is 3.34. The van der Waals surface area contributed by atoms with Crippen LogP contribution in [0, 0.1) is 6.92 Å². The summed E-state index contributed by atoms with van der Waals surface area (Å²) in [6.45, 7) is 1.93. The predicted molar refractivity (Wildman–Crippen MR) is 75.1 cm³/mol. The van der Waals surface area contributed by atoms with Gasteiger partial charge in [-0.1, -0.05) is 12.1 Å². The van der Waals surface area contributed by atoms with E-state index in [1.165, 1.54) is 11.3 Å². The third-order valence-corrected chi connectivity index (χ3v) is 4.75. The summed E-state index contributed by atoms with van der Waals surface area (Å²) in [7, 11) is 0. The van der Waals surface area contributed by atoms with Gasteiger partial charge in [0.2, 0.25) is 0 Å². The average Bonchev–Trinajstić information content (AvgIpc) is 2.94. The average molecular weight is 276 g/mol. The number of benzene rings is 1. The Hall–Kier alpha value is -1.30. The third-order valence-electron chi connectivity index (χ3n) is 2.63. The maximum Gasteiger partial charge on any atom is 0.122 e. The van der Waals surface area contributed by atoms with Crippen LogP contribution in [0.15, 0.2) is 29.6 Å². The standard InChI is InChI=1S/C13H12N2OS2/c1-8-7-17-13(14-8)10(16)6-12-15-9-4-2-3-5-11(9)18-12/h2-5,7,10,16H,6H2,1H3. The molecule has 3 rings (SSSR count). The first-order chi connectivity index (χ1) is 8.72. The second kappa shape index (κ2) is 4.76. The van der Waals surface area contributed by atoms with E-state index in [1.807, 2.05) is 30.5 Å². The molecule has 0 amide bonds. The van der Waals surface area contributed by atoms with Crippen LogP contribution in [-0.2, 0) is 6.42 Å². The molecule has 1 aromatic carbocycles. The molecule has 2 heterocycles. The number of hydrogen-bond acceptors (Lipinski definition) is 5. The molecule has 3 nitrogen and oxygen atoms in total. The van der Waals surface area contributed by atoms with Crippen LogP contribution in [0.3, 0.4) is 0 Å². The SMILES string of the molecule is Cc1csc(C(O)Cc2nc3ccccc3s2)n1. The number of aryl methyl sites for hydroxylation is 1. The molecule has 0 saturated carbocycles. The number of hydrogen-bond donors (Lipinski definition) is 1. The van der Waals surface area contributed by atoms with Crippen molar-refractivity contribution in [2.75, 3.05) is 0 Å². The number of aliphatic hydroxyl groups excluding tert-OH is 1. The van der Waals surface area contributed by atoms with E-state index in [0.29, 0.717) is 6.42 Å². The monoisotopic (exact) mass is 276 g/mol. The van der Waals surface area contributed by atoms with Gasteiger partial charge >= 0.3 is 0 Å². The molecule has 0 fully saturated rings. The highest BCUT2D eigenvalue weighted by Crippen LogP contribution is 2.27. The van der Waals surface area contributed by atoms with E-state index in [9.17, 15) is 5.11 Å². The molecule has 0 radical (unpaired) electrons. The van der Waals surface area contributed by atoms with Gasteiger partial charge in [0.25, 0.3) is 0 Å². The molecule has 0 aliphatic carbocycles. The summed E-state index contributed by atoms with van der Waals surface area (Å²) in [5, 5.41) is 13.8. The van der Waals surface area contributed by atoms with Gasteiger partial charge in [0, 0.05) is 17.5 Å². The molecule has 2 aromatic heterocycles. The first-order valence-corrected chi connectivity index (χ1v) is 7.36. The number of aromatic nitrogens is 2. The molecule has 1 N–H and O–H groups in total. The fourth-order valence-corrected chi connectivity index (χ4v) is 3.57. The Kier molecular flexibility index (Phi) is 3.11. The van der Waals surface area contributed by atoms with Gasteiger partial charge < -0.3 is 5.11 Å². The summed E-state index contributed by atoms with van der Waals surface area (Å²) in [6, 6.07) is 8.03. The number of aliphatic hydroxyl groups is 1. The Bertz CT molecular complexity index is 641. The molecule has 0 aliphatic rings. The first kappa shape index (κ1) is 11.8. The Morgan fingerprint density at radius 3 is 2.83 bits per heavy atom. The van der Waals surface area contributed by atoms with Crippen LogP contribution in [0.1, 0.15) is 21.8 Å². The Morgan fingerprint density at radius 2 is 2.11 bits per heavy atom. The topological polar surface area (TPSA) is 46.0 Å². The molecular formula is C13H12N2OS2. The van der Waals surface area contributed by atoms with Gasteiger partial charge in [-0.05, 0) is 19.1 Å². The van der Waals surface area contributed by atoms with Gasteiger partial charge in [-0.15, -0.1) is 22.7 Å². The number of rotatable bonds is 3. The first-order valence-electron chi connectivity index (χ1n) is 5.67. The van der Waals surface area contributed by atoms with Gasteiger partial charge in [0.15, 0.2) is 0 Å². The van der Waals surface area contributed by atoms with Crippen molar-refractivity contribution in [3.05, 3.63) is 45.4 Å². The van der Waals surface area contributed by atoms with Gasteiger partial charge in [-0.2, -0.15) is 0 Å². The molecule has 92 valence electrons. The van der Waals surface area contributed by atoms with Crippen molar-refractivity contribution in [3.63, 3.8) is 0 Å². The molecular weight excluding hydrogens is 264 g/mol. The molecule has 1 atom stereocenters. The smallest absolute Gasteiger partial charge is 0.122 e. The zero-order valence-electron chi connectivity index (χ0n) is 9.83. The molecule has 3 aromatic rings. The van der Waals surface area contributed by atoms with Crippen LogP contribution in [0.25, 0.3) is 10.2 Å². The quantitative estimate of drug-likeness (QED) is 0.798. The van der Waals surface area contributed by atoms with E-state index in [4.69, 9.17) is 0 Å². The highest BCUT2D eigenvalue weighted by molar-refractivity contribution is 7.18. The lowest BCUT2D eigenvalue weighted by atomic mass is 10.3. The molecule has 0 spiro atoms. The second-order valence-corrected chi connectivity index (χ2v) is 6.13. The molecule has 1 unspecified atom stereocenters. The molecule has 0 bridgehead atoms. The van der Waals surface area contributed by atoms with E-state index in [0.717, 1.165) is 25.9 Å². The normalized spacial score (nSPS) is 13.0. The van der Waals surface area contributed by atoms with Gasteiger partial charge in [-0.3, -0.25) is 0 Å². The summed E-state index contributed by atoms with van der Waals surface area (Å²) < 4.78 is 1.16. The van der Waals surface area contributed by atoms with E-state index >= 15 is 0 Å². The van der Waals surface area contributed by atoms with Gasteiger partial charge in [0.1, 0.15) is 11.1 Å². The molecule has 0 aliphatic heterocycles. The maximum atomic E-state index is 10.1. The van der Waals surface area contributed by atoms with Crippen LogP contribution in [0.4, 0.5) is 0 Å². The number of para-hydroxylation sites is 1. The van der Waals surface area contributed by atoms with Crippen molar-refractivity contribution in [1.82, 2.24) is 9.97 Å². The van der Waals surface area contributed by atoms with Crippen LogP contribution in [0.2, 0.25) is 0 Å². The largest absolute Gasteiger partial charge is 0.385 e. The molecule has 18 heavy (non-hydrogen) atoms. The third kappa shape index (κ3) is 2.29. The van der Waals surface area contributed by atoms with Gasteiger partial charge in [-0.25, -0.2) is 9.97 Å². The highest BCUT2D eigenvalue weighted by atomic mass is 32.1. The lowest BCUT2D eigenvalue weighted by molar-refractivity contribution is 0.178. The number of thiazole rings is 2. The second-order valence-electron chi connectivity index (χ2n) is 4.12. The fraction of sp³-hybridized carbons (Fsp3) is 0.231. The number of nitrogens with zero attached hydrogens (tertiary/aromatic N) is 2. The Balaban J connectivity index is 1.83. The maximum absolute atomic E-state index is 10.1. The summed E-state index contributed by atoms with van der Waals surface area (Å²) in [6.07, 6.45) is -0.0176. The van der Waals surface area contributed by atoms with Crippen molar-refractivity contribution in [3.8, 4) is 0 Å². The minimum absolute atomic E-state index is 0.534. The zero-order valence-corrected chi connectivity index (χ0v) is 11.5. The van der Waals surface area contributed by atoms with Crippen molar-refractivity contribution in [2.24, 2.45) is 0 Å². The van der Waals surface area contributed by atoms with Crippen molar-refractivity contribution in [1.29, 1.82) is 0 Å². The molecule has 0 saturated heterocycles. The zero-order chi connectivity index (χ0) is 12.5. The van der Waals surface area contributed by atoms with Crippen molar-refractivity contribution >= 4 is 32.9 Å². The van der Waals surface area contributed by atoms with Crippen molar-refractivity contribution < 1.29 is 5.11 Å². The van der Waals surface area contributed by atoms with Crippen LogP contribution in [-0.4, -0.2) is 15.1 Å².